The number of methoxy groups -OCH3 is 2. The van der Waals surface area contributed by atoms with Gasteiger partial charge in [-0.05, 0) is 36.8 Å². The third-order valence-corrected chi connectivity index (χ3v) is 6.56. The van der Waals surface area contributed by atoms with E-state index < -0.39 is 0 Å². The van der Waals surface area contributed by atoms with Crippen LogP contribution in [0, 0.1) is 0 Å². The van der Waals surface area contributed by atoms with E-state index in [1.54, 1.807) is 20.3 Å². The lowest BCUT2D eigenvalue weighted by molar-refractivity contribution is 0.356. The molecule has 33 heavy (non-hydrogen) atoms. The molecule has 5 rings (SSSR count). The molecule has 0 atom stereocenters. The maximum atomic E-state index is 6.65. The normalized spacial score (nSPS) is 11.3. The van der Waals surface area contributed by atoms with E-state index in [1.165, 1.54) is 0 Å². The predicted molar refractivity (Wildman–Crippen MR) is 134 cm³/mol. The first-order chi connectivity index (χ1) is 16.1. The van der Waals surface area contributed by atoms with Gasteiger partial charge in [0.15, 0.2) is 17.1 Å². The first-order valence-corrected chi connectivity index (χ1v) is 11.3. The number of benzene rings is 3. The summed E-state index contributed by atoms with van der Waals surface area (Å²) in [6.07, 6.45) is 0.749. The summed E-state index contributed by atoms with van der Waals surface area (Å²) in [5, 5.41) is 8.65. The van der Waals surface area contributed by atoms with Gasteiger partial charge in [-0.3, -0.25) is 0 Å². The summed E-state index contributed by atoms with van der Waals surface area (Å²) < 4.78 is 13.1. The average molecular weight is 478 g/mol. The van der Waals surface area contributed by atoms with Crippen molar-refractivity contribution < 1.29 is 9.47 Å². The number of hydrogen-bond acceptors (Lipinski definition) is 4. The lowest BCUT2D eigenvalue weighted by Gasteiger charge is -2.14. The van der Waals surface area contributed by atoms with E-state index in [4.69, 9.17) is 42.8 Å². The van der Waals surface area contributed by atoms with Crippen LogP contribution in [-0.4, -0.2) is 29.0 Å². The van der Waals surface area contributed by atoms with Crippen molar-refractivity contribution in [3.63, 3.8) is 0 Å². The molecular weight excluding hydrogens is 457 g/mol. The highest BCUT2D eigenvalue weighted by molar-refractivity contribution is 6.44. The van der Waals surface area contributed by atoms with Crippen LogP contribution in [0.3, 0.4) is 0 Å². The molecule has 0 aliphatic rings. The van der Waals surface area contributed by atoms with Crippen molar-refractivity contribution in [2.24, 2.45) is 0 Å². The topological polar surface area (TPSA) is 49.2 Å². The number of nitrogens with zero attached hydrogens (tertiary/aromatic N) is 3. The van der Waals surface area contributed by atoms with Crippen molar-refractivity contribution in [2.45, 2.75) is 13.3 Å². The van der Waals surface area contributed by atoms with Crippen LogP contribution in [0.1, 0.15) is 12.6 Å². The second-order valence-electron chi connectivity index (χ2n) is 7.56. The van der Waals surface area contributed by atoms with E-state index in [-0.39, 0.29) is 0 Å². The van der Waals surface area contributed by atoms with Crippen molar-refractivity contribution in [1.82, 2.24) is 14.8 Å². The van der Waals surface area contributed by atoms with Gasteiger partial charge in [-0.1, -0.05) is 60.5 Å². The van der Waals surface area contributed by atoms with Crippen LogP contribution in [0.5, 0.6) is 11.5 Å². The SMILES string of the molecule is CCc1nn(-c2ccccc2)c2nc(-c3cccc(Cl)c3Cl)c3cc(OC)c(OC)cc3c12. The van der Waals surface area contributed by atoms with E-state index in [9.17, 15) is 0 Å². The minimum Gasteiger partial charge on any atom is -0.493 e. The number of pyridine rings is 1. The van der Waals surface area contributed by atoms with Gasteiger partial charge in [-0.2, -0.15) is 5.10 Å². The zero-order valence-electron chi connectivity index (χ0n) is 18.4. The summed E-state index contributed by atoms with van der Waals surface area (Å²) in [6, 6.07) is 19.4. The second kappa shape index (κ2) is 8.58. The summed E-state index contributed by atoms with van der Waals surface area (Å²) in [4.78, 5) is 5.11. The molecule has 5 aromatic rings. The third kappa shape index (κ3) is 3.48. The molecule has 0 saturated heterocycles. The van der Waals surface area contributed by atoms with Crippen LogP contribution >= 0.6 is 23.2 Å². The molecule has 0 fully saturated rings. The Hall–Kier alpha value is -3.28. The third-order valence-electron chi connectivity index (χ3n) is 5.74. The fraction of sp³-hybridized carbons (Fsp3) is 0.154. The molecule has 0 bridgehead atoms. The largest absolute Gasteiger partial charge is 0.493 e. The van der Waals surface area contributed by atoms with Crippen LogP contribution < -0.4 is 9.47 Å². The molecule has 0 spiro atoms. The van der Waals surface area contributed by atoms with Gasteiger partial charge in [0.2, 0.25) is 0 Å². The highest BCUT2D eigenvalue weighted by Gasteiger charge is 2.22. The highest BCUT2D eigenvalue weighted by atomic mass is 35.5. The van der Waals surface area contributed by atoms with Crippen LogP contribution in [0.25, 0.3) is 38.8 Å². The number of aryl methyl sites for hydroxylation is 1. The van der Waals surface area contributed by atoms with Crippen molar-refractivity contribution >= 4 is 45.0 Å². The van der Waals surface area contributed by atoms with Gasteiger partial charge in [0.25, 0.3) is 0 Å². The molecule has 0 aliphatic carbocycles. The minimum absolute atomic E-state index is 0.448. The Kier molecular flexibility index (Phi) is 5.60. The number of halogens is 2. The molecule has 3 aromatic carbocycles. The molecular formula is C26H21Cl2N3O2. The monoisotopic (exact) mass is 477 g/mol. The Labute approximate surface area is 201 Å². The summed E-state index contributed by atoms with van der Waals surface area (Å²) in [5.74, 6) is 1.24. The first kappa shape index (κ1) is 21.6. The van der Waals surface area contributed by atoms with E-state index in [0.29, 0.717) is 27.2 Å². The van der Waals surface area contributed by atoms with Gasteiger partial charge in [0, 0.05) is 16.3 Å². The molecule has 0 saturated carbocycles. The lowest BCUT2D eigenvalue weighted by atomic mass is 9.99. The minimum atomic E-state index is 0.448. The molecule has 166 valence electrons. The molecule has 5 nitrogen and oxygen atoms in total. The number of aromatic nitrogens is 3. The van der Waals surface area contributed by atoms with Crippen molar-refractivity contribution in [3.05, 3.63) is 76.4 Å². The van der Waals surface area contributed by atoms with Crippen LogP contribution in [-0.2, 0) is 6.42 Å². The van der Waals surface area contributed by atoms with Crippen molar-refractivity contribution in [2.75, 3.05) is 14.2 Å². The molecule has 7 heteroatoms. The molecule has 0 amide bonds. The van der Waals surface area contributed by atoms with Crippen LogP contribution in [0.2, 0.25) is 10.0 Å². The molecule has 0 radical (unpaired) electrons. The molecule has 0 unspecified atom stereocenters. The lowest BCUT2D eigenvalue weighted by Crippen LogP contribution is -1.99. The van der Waals surface area contributed by atoms with E-state index in [1.807, 2.05) is 59.3 Å². The van der Waals surface area contributed by atoms with Crippen LogP contribution in [0.15, 0.2) is 60.7 Å². The quantitative estimate of drug-likeness (QED) is 0.270. The number of hydrogen-bond donors (Lipinski definition) is 0. The van der Waals surface area contributed by atoms with Crippen LogP contribution in [0.4, 0.5) is 0 Å². The van der Waals surface area contributed by atoms with Gasteiger partial charge in [0.05, 0.1) is 46.7 Å². The van der Waals surface area contributed by atoms with Crippen molar-refractivity contribution in [1.29, 1.82) is 0 Å². The van der Waals surface area contributed by atoms with Crippen molar-refractivity contribution in [3.8, 4) is 28.4 Å². The van der Waals surface area contributed by atoms with Gasteiger partial charge < -0.3 is 9.47 Å². The van der Waals surface area contributed by atoms with Gasteiger partial charge in [-0.15, -0.1) is 0 Å². The number of para-hydroxylation sites is 1. The number of rotatable bonds is 5. The highest BCUT2D eigenvalue weighted by Crippen LogP contribution is 2.43. The Morgan fingerprint density at radius 2 is 1.58 bits per heavy atom. The fourth-order valence-corrected chi connectivity index (χ4v) is 4.56. The molecule has 2 aromatic heterocycles. The number of fused-ring (bicyclic) bond motifs is 3. The standard InChI is InChI=1S/C26H21Cl2N3O2/c1-4-20-23-17-13-21(32-2)22(33-3)14-18(17)25(16-11-8-12-19(27)24(16)28)29-26(23)31(30-20)15-9-6-5-7-10-15/h5-14H,4H2,1-3H3. The average Bonchev–Trinajstić information content (AvgIpc) is 3.23. The maximum absolute atomic E-state index is 6.65. The smallest absolute Gasteiger partial charge is 0.164 e. The Morgan fingerprint density at radius 3 is 2.24 bits per heavy atom. The zero-order valence-corrected chi connectivity index (χ0v) is 19.9. The Morgan fingerprint density at radius 1 is 0.879 bits per heavy atom. The Balaban J connectivity index is 1.99. The van der Waals surface area contributed by atoms with Gasteiger partial charge in [-0.25, -0.2) is 9.67 Å². The molecule has 0 aliphatic heterocycles. The van der Waals surface area contributed by atoms with Gasteiger partial charge in [0.1, 0.15) is 0 Å². The molecule has 0 N–H and O–H groups in total. The Bertz CT molecular complexity index is 1500. The summed E-state index contributed by atoms with van der Waals surface area (Å²) in [5.41, 5.74) is 4.05. The van der Waals surface area contributed by atoms with E-state index in [2.05, 4.69) is 6.92 Å². The summed E-state index contributed by atoms with van der Waals surface area (Å²) in [6.45, 7) is 2.09. The predicted octanol–water partition coefficient (Wildman–Crippen LogP) is 7.13. The summed E-state index contributed by atoms with van der Waals surface area (Å²) in [7, 11) is 3.25. The first-order valence-electron chi connectivity index (χ1n) is 10.5. The molecule has 2 heterocycles. The van der Waals surface area contributed by atoms with E-state index in [0.717, 1.165) is 45.2 Å². The van der Waals surface area contributed by atoms with Gasteiger partial charge >= 0.3 is 0 Å². The second-order valence-corrected chi connectivity index (χ2v) is 8.35. The van der Waals surface area contributed by atoms with E-state index >= 15 is 0 Å². The maximum Gasteiger partial charge on any atom is 0.164 e. The summed E-state index contributed by atoms with van der Waals surface area (Å²) >= 11 is 13.0. The number of ether oxygens (including phenoxy) is 2. The zero-order chi connectivity index (χ0) is 23.1. The fourth-order valence-electron chi connectivity index (χ4n) is 4.17.